The number of nitrogens with one attached hydrogen (secondary N) is 1. The molecule has 0 bridgehead atoms. The zero-order valence-corrected chi connectivity index (χ0v) is 14.9. The maximum atomic E-state index is 12.2. The Morgan fingerprint density at radius 3 is 2.92 bits per heavy atom. The molecule has 25 heavy (non-hydrogen) atoms. The summed E-state index contributed by atoms with van der Waals surface area (Å²) >= 11 is 0. The molecule has 6 nitrogen and oxygen atoms in total. The van der Waals surface area contributed by atoms with Gasteiger partial charge in [-0.2, -0.15) is 5.10 Å². The van der Waals surface area contributed by atoms with E-state index in [0.29, 0.717) is 24.2 Å². The predicted octanol–water partition coefficient (Wildman–Crippen LogP) is 2.51. The van der Waals surface area contributed by atoms with E-state index in [0.717, 1.165) is 25.0 Å². The van der Waals surface area contributed by atoms with Crippen LogP contribution in [0.2, 0.25) is 0 Å². The minimum absolute atomic E-state index is 0.0439. The molecule has 1 N–H and O–H groups in total. The smallest absolute Gasteiger partial charge is 0.241 e. The maximum absolute atomic E-state index is 12.2. The number of hydrogen-bond donors (Lipinski definition) is 1. The van der Waals surface area contributed by atoms with E-state index in [1.165, 1.54) is 0 Å². The highest BCUT2D eigenvalue weighted by molar-refractivity contribution is 5.75. The number of rotatable bonds is 6. The van der Waals surface area contributed by atoms with Crippen molar-refractivity contribution in [3.8, 4) is 11.4 Å². The van der Waals surface area contributed by atoms with Gasteiger partial charge in [0.25, 0.3) is 0 Å². The molecule has 1 aromatic heterocycles. The van der Waals surface area contributed by atoms with Crippen LogP contribution in [0.3, 0.4) is 0 Å². The van der Waals surface area contributed by atoms with Crippen molar-refractivity contribution in [3.63, 3.8) is 0 Å². The number of benzene rings is 1. The fourth-order valence-corrected chi connectivity index (χ4v) is 3.36. The van der Waals surface area contributed by atoms with Crippen molar-refractivity contribution in [1.82, 2.24) is 20.1 Å². The molecule has 0 saturated carbocycles. The molecular formula is C19H26N4O2. The molecule has 134 valence electrons. The van der Waals surface area contributed by atoms with E-state index >= 15 is 0 Å². The van der Waals surface area contributed by atoms with Crippen LogP contribution in [-0.4, -0.2) is 39.9 Å². The molecule has 2 heterocycles. The van der Waals surface area contributed by atoms with Gasteiger partial charge in [0.15, 0.2) is 5.82 Å². The first-order chi connectivity index (χ1) is 12.1. The highest BCUT2D eigenvalue weighted by Crippen LogP contribution is 2.25. The van der Waals surface area contributed by atoms with Crippen molar-refractivity contribution >= 4 is 5.91 Å². The van der Waals surface area contributed by atoms with Gasteiger partial charge in [-0.3, -0.25) is 4.79 Å². The fourth-order valence-electron chi connectivity index (χ4n) is 3.36. The number of aromatic nitrogens is 3. The summed E-state index contributed by atoms with van der Waals surface area (Å²) in [5.41, 5.74) is 0.945. The average Bonchev–Trinajstić information content (AvgIpc) is 3.09. The van der Waals surface area contributed by atoms with Gasteiger partial charge in [0, 0.05) is 24.6 Å². The van der Waals surface area contributed by atoms with Gasteiger partial charge in [-0.05, 0) is 18.8 Å². The summed E-state index contributed by atoms with van der Waals surface area (Å²) in [7, 11) is 0. The van der Waals surface area contributed by atoms with Gasteiger partial charge in [-0.15, -0.1) is 0 Å². The fraction of sp³-hybridized carbons (Fsp3) is 0.526. The minimum atomic E-state index is -0.0439. The Labute approximate surface area is 148 Å². The number of carbonyl (C=O) groups excluding carboxylic acids is 1. The summed E-state index contributed by atoms with van der Waals surface area (Å²) in [4.78, 5) is 16.5. The van der Waals surface area contributed by atoms with Gasteiger partial charge in [-0.25, -0.2) is 9.67 Å². The lowest BCUT2D eigenvalue weighted by atomic mass is 9.87. The molecule has 1 aliphatic rings. The first-order valence-electron chi connectivity index (χ1n) is 8.96. The van der Waals surface area contributed by atoms with Crippen molar-refractivity contribution in [2.75, 3.05) is 13.2 Å². The molecule has 0 radical (unpaired) electrons. The molecule has 3 rings (SSSR count). The molecule has 0 unspecified atom stereocenters. The Hall–Kier alpha value is -2.21. The van der Waals surface area contributed by atoms with Gasteiger partial charge in [-0.1, -0.05) is 44.2 Å². The molecule has 1 amide bonds. The van der Waals surface area contributed by atoms with E-state index in [1.807, 2.05) is 30.3 Å². The van der Waals surface area contributed by atoms with E-state index in [-0.39, 0.29) is 18.6 Å². The van der Waals surface area contributed by atoms with Crippen LogP contribution in [0, 0.1) is 11.8 Å². The lowest BCUT2D eigenvalue weighted by Gasteiger charge is -2.34. The summed E-state index contributed by atoms with van der Waals surface area (Å²) in [6, 6.07) is 9.75. The van der Waals surface area contributed by atoms with E-state index in [4.69, 9.17) is 4.74 Å². The molecule has 1 saturated heterocycles. The van der Waals surface area contributed by atoms with Crippen LogP contribution in [0.25, 0.3) is 11.4 Å². The van der Waals surface area contributed by atoms with E-state index in [9.17, 15) is 4.79 Å². The average molecular weight is 342 g/mol. The minimum Gasteiger partial charge on any atom is -0.378 e. The van der Waals surface area contributed by atoms with Gasteiger partial charge >= 0.3 is 0 Å². The number of amides is 1. The zero-order chi connectivity index (χ0) is 17.6. The van der Waals surface area contributed by atoms with Crippen molar-refractivity contribution in [2.45, 2.75) is 39.3 Å². The second kappa shape index (κ2) is 8.25. The Balaban J connectivity index is 1.52. The standard InChI is InChI=1S/C19H26N4O2/c1-14(2)18-16(9-6-10-25-18)11-20-17(24)12-23-13-21-19(22-23)15-7-4-3-5-8-15/h3-5,7-8,13-14,16,18H,6,9-12H2,1-2H3,(H,20,24)/t16-,18+/m0/s1. The summed E-state index contributed by atoms with van der Waals surface area (Å²) in [5, 5.41) is 7.41. The van der Waals surface area contributed by atoms with Gasteiger partial charge < -0.3 is 10.1 Å². The third kappa shape index (κ3) is 4.66. The second-order valence-electron chi connectivity index (χ2n) is 6.92. The SMILES string of the molecule is CC(C)[C@H]1OCCC[C@H]1CNC(=O)Cn1cnc(-c2ccccc2)n1. The lowest BCUT2D eigenvalue weighted by Crippen LogP contribution is -2.42. The first-order valence-corrected chi connectivity index (χ1v) is 8.96. The lowest BCUT2D eigenvalue weighted by molar-refractivity contribution is -0.122. The van der Waals surface area contributed by atoms with Crippen LogP contribution < -0.4 is 5.32 Å². The Kier molecular flexibility index (Phi) is 5.81. The van der Waals surface area contributed by atoms with Crippen LogP contribution in [0.15, 0.2) is 36.7 Å². The highest BCUT2D eigenvalue weighted by Gasteiger charge is 2.28. The molecule has 2 aromatic rings. The molecule has 1 aromatic carbocycles. The Morgan fingerprint density at radius 2 is 2.16 bits per heavy atom. The molecule has 1 fully saturated rings. The maximum Gasteiger partial charge on any atom is 0.241 e. The van der Waals surface area contributed by atoms with Crippen LogP contribution in [0.1, 0.15) is 26.7 Å². The van der Waals surface area contributed by atoms with Crippen LogP contribution in [-0.2, 0) is 16.1 Å². The normalized spacial score (nSPS) is 20.6. The van der Waals surface area contributed by atoms with Crippen molar-refractivity contribution in [1.29, 1.82) is 0 Å². The highest BCUT2D eigenvalue weighted by atomic mass is 16.5. The topological polar surface area (TPSA) is 69.0 Å². The van der Waals surface area contributed by atoms with E-state index < -0.39 is 0 Å². The Bertz CT molecular complexity index is 684. The summed E-state index contributed by atoms with van der Waals surface area (Å²) < 4.78 is 7.45. The predicted molar refractivity (Wildman–Crippen MR) is 95.8 cm³/mol. The quantitative estimate of drug-likeness (QED) is 0.876. The van der Waals surface area contributed by atoms with E-state index in [2.05, 4.69) is 29.2 Å². The zero-order valence-electron chi connectivity index (χ0n) is 14.9. The molecule has 0 spiro atoms. The van der Waals surface area contributed by atoms with Gasteiger partial charge in [0.05, 0.1) is 6.10 Å². The number of carbonyl (C=O) groups is 1. The Morgan fingerprint density at radius 1 is 1.36 bits per heavy atom. The first kappa shape index (κ1) is 17.6. The van der Waals surface area contributed by atoms with Gasteiger partial charge in [0.2, 0.25) is 5.91 Å². The van der Waals surface area contributed by atoms with E-state index in [1.54, 1.807) is 11.0 Å². The molecule has 1 aliphatic heterocycles. The van der Waals surface area contributed by atoms with Crippen molar-refractivity contribution < 1.29 is 9.53 Å². The number of hydrogen-bond acceptors (Lipinski definition) is 4. The summed E-state index contributed by atoms with van der Waals surface area (Å²) in [6.07, 6.45) is 3.99. The van der Waals surface area contributed by atoms with Gasteiger partial charge in [0.1, 0.15) is 12.9 Å². The number of nitrogens with zero attached hydrogens (tertiary/aromatic N) is 3. The van der Waals surface area contributed by atoms with Crippen molar-refractivity contribution in [3.05, 3.63) is 36.7 Å². The monoisotopic (exact) mass is 342 g/mol. The van der Waals surface area contributed by atoms with Crippen molar-refractivity contribution in [2.24, 2.45) is 11.8 Å². The third-order valence-corrected chi connectivity index (χ3v) is 4.59. The third-order valence-electron chi connectivity index (χ3n) is 4.59. The largest absolute Gasteiger partial charge is 0.378 e. The molecular weight excluding hydrogens is 316 g/mol. The summed E-state index contributed by atoms with van der Waals surface area (Å²) in [6.45, 7) is 6.01. The van der Waals surface area contributed by atoms with Crippen LogP contribution in [0.4, 0.5) is 0 Å². The molecule has 2 atom stereocenters. The van der Waals surface area contributed by atoms with Crippen LogP contribution >= 0.6 is 0 Å². The summed E-state index contributed by atoms with van der Waals surface area (Å²) in [5.74, 6) is 1.44. The van der Waals surface area contributed by atoms with Crippen LogP contribution in [0.5, 0.6) is 0 Å². The molecule has 0 aliphatic carbocycles. The number of ether oxygens (including phenoxy) is 1. The second-order valence-corrected chi connectivity index (χ2v) is 6.92. The molecule has 6 heteroatoms.